The summed E-state index contributed by atoms with van der Waals surface area (Å²) in [6, 6.07) is 15.1. The van der Waals surface area contributed by atoms with E-state index in [2.05, 4.69) is 17.6 Å². The molecule has 136 valence electrons. The van der Waals surface area contributed by atoms with Crippen LogP contribution < -0.4 is 10.6 Å². The van der Waals surface area contributed by atoms with Gasteiger partial charge in [-0.15, -0.1) is 0 Å². The third-order valence-electron chi connectivity index (χ3n) is 4.51. The first-order valence-electron chi connectivity index (χ1n) is 9.20. The number of fused-ring (bicyclic) bond motifs is 1. The number of amides is 2. The Morgan fingerprint density at radius 1 is 1.04 bits per heavy atom. The molecule has 1 atom stereocenters. The Hall–Kier alpha value is -2.82. The number of carbonyl (C=O) groups is 2. The van der Waals surface area contributed by atoms with Gasteiger partial charge in [0.25, 0.3) is 11.8 Å². The Morgan fingerprint density at radius 3 is 2.46 bits per heavy atom. The van der Waals surface area contributed by atoms with Gasteiger partial charge in [-0.25, -0.2) is 0 Å². The molecule has 26 heavy (non-hydrogen) atoms. The first-order valence-corrected chi connectivity index (χ1v) is 9.20. The van der Waals surface area contributed by atoms with E-state index >= 15 is 0 Å². The van der Waals surface area contributed by atoms with Crippen LogP contribution in [0, 0.1) is 0 Å². The lowest BCUT2D eigenvalue weighted by Gasteiger charge is -2.26. The van der Waals surface area contributed by atoms with Gasteiger partial charge in [-0.3, -0.25) is 9.59 Å². The molecular formula is C21H25N3O2. The Balaban J connectivity index is 1.78. The van der Waals surface area contributed by atoms with Crippen LogP contribution in [-0.2, 0) is 0 Å². The van der Waals surface area contributed by atoms with Crippen LogP contribution in [0.3, 0.4) is 0 Å². The minimum absolute atomic E-state index is 0.0626. The van der Waals surface area contributed by atoms with E-state index < -0.39 is 0 Å². The number of hydrogen-bond acceptors (Lipinski definition) is 3. The van der Waals surface area contributed by atoms with E-state index in [1.165, 1.54) is 0 Å². The molecule has 2 aromatic rings. The lowest BCUT2D eigenvalue weighted by molar-refractivity contribution is 0.0743. The van der Waals surface area contributed by atoms with Crippen molar-refractivity contribution in [3.8, 4) is 0 Å². The van der Waals surface area contributed by atoms with Crippen LogP contribution in [0.1, 0.15) is 59.1 Å². The lowest BCUT2D eigenvalue weighted by Crippen LogP contribution is -2.33. The molecule has 1 aliphatic rings. The van der Waals surface area contributed by atoms with Crippen molar-refractivity contribution in [2.75, 3.05) is 18.4 Å². The van der Waals surface area contributed by atoms with E-state index in [0.29, 0.717) is 18.7 Å². The average Bonchev–Trinajstić information content (AvgIpc) is 2.93. The largest absolute Gasteiger partial charge is 0.361 e. The molecular weight excluding hydrogens is 326 g/mol. The second kappa shape index (κ2) is 8.04. The van der Waals surface area contributed by atoms with Crippen molar-refractivity contribution in [3.05, 3.63) is 65.2 Å². The zero-order valence-corrected chi connectivity index (χ0v) is 15.3. The van der Waals surface area contributed by atoms with Crippen LogP contribution in [0.15, 0.2) is 48.5 Å². The summed E-state index contributed by atoms with van der Waals surface area (Å²) in [4.78, 5) is 26.6. The van der Waals surface area contributed by atoms with Crippen LogP contribution in [-0.4, -0.2) is 29.8 Å². The fraction of sp³-hybridized carbons (Fsp3) is 0.333. The Bertz CT molecular complexity index is 786. The van der Waals surface area contributed by atoms with E-state index in [4.69, 9.17) is 0 Å². The molecule has 0 aliphatic carbocycles. The highest BCUT2D eigenvalue weighted by atomic mass is 16.2. The highest BCUT2D eigenvalue weighted by Crippen LogP contribution is 2.34. The molecule has 0 saturated carbocycles. The molecule has 1 aliphatic heterocycles. The molecule has 0 saturated heterocycles. The summed E-state index contributed by atoms with van der Waals surface area (Å²) in [7, 11) is 0. The van der Waals surface area contributed by atoms with Gasteiger partial charge < -0.3 is 15.5 Å². The average molecular weight is 351 g/mol. The van der Waals surface area contributed by atoms with Gasteiger partial charge in [-0.2, -0.15) is 0 Å². The van der Waals surface area contributed by atoms with Gasteiger partial charge in [-0.05, 0) is 43.2 Å². The lowest BCUT2D eigenvalue weighted by atomic mass is 10.1. The number of nitrogens with one attached hydrogen (secondary N) is 2. The number of hydrogen-bond donors (Lipinski definition) is 2. The molecule has 0 spiro atoms. The minimum Gasteiger partial charge on any atom is -0.361 e. The molecule has 5 nitrogen and oxygen atoms in total. The summed E-state index contributed by atoms with van der Waals surface area (Å²) >= 11 is 0. The number of benzene rings is 2. The van der Waals surface area contributed by atoms with Crippen LogP contribution >= 0.6 is 0 Å². The van der Waals surface area contributed by atoms with Gasteiger partial charge in [0.2, 0.25) is 0 Å². The van der Waals surface area contributed by atoms with Crippen molar-refractivity contribution in [2.45, 2.75) is 32.9 Å². The molecule has 0 fully saturated rings. The summed E-state index contributed by atoms with van der Waals surface area (Å²) in [6.07, 6.45) is 1.63. The summed E-state index contributed by atoms with van der Waals surface area (Å²) in [5.74, 6) is 0.00270. The Labute approximate surface area is 154 Å². The van der Waals surface area contributed by atoms with E-state index in [-0.39, 0.29) is 18.0 Å². The molecule has 3 rings (SSSR count). The third kappa shape index (κ3) is 3.57. The van der Waals surface area contributed by atoms with E-state index in [0.717, 1.165) is 29.7 Å². The first kappa shape index (κ1) is 18.0. The molecule has 5 heteroatoms. The van der Waals surface area contributed by atoms with Crippen LogP contribution in [0.4, 0.5) is 5.69 Å². The zero-order chi connectivity index (χ0) is 18.5. The van der Waals surface area contributed by atoms with Crippen molar-refractivity contribution in [3.63, 3.8) is 0 Å². The third-order valence-corrected chi connectivity index (χ3v) is 4.51. The maximum Gasteiger partial charge on any atom is 0.256 e. The van der Waals surface area contributed by atoms with Gasteiger partial charge in [0.1, 0.15) is 6.17 Å². The summed E-state index contributed by atoms with van der Waals surface area (Å²) < 4.78 is 0. The van der Waals surface area contributed by atoms with Gasteiger partial charge in [0.15, 0.2) is 0 Å². The molecule has 1 heterocycles. The predicted molar refractivity (Wildman–Crippen MR) is 103 cm³/mol. The molecule has 0 radical (unpaired) electrons. The standard InChI is InChI=1S/C21H25N3O2/c1-3-13-22-20(25)15-9-11-16(12-10-15)23-19-17-7-5-6-8-18(17)21(26)24(19)14-4-2/h5-12,19,23H,3-4,13-14H2,1-2H3,(H,22,25). The quantitative estimate of drug-likeness (QED) is 0.797. The van der Waals surface area contributed by atoms with Crippen LogP contribution in [0.2, 0.25) is 0 Å². The van der Waals surface area contributed by atoms with Crippen molar-refractivity contribution in [1.82, 2.24) is 10.2 Å². The summed E-state index contributed by atoms with van der Waals surface area (Å²) in [6.45, 7) is 5.46. The summed E-state index contributed by atoms with van der Waals surface area (Å²) in [5, 5.41) is 6.32. The number of anilines is 1. The SMILES string of the molecule is CCCNC(=O)c1ccc(NC2c3ccccc3C(=O)N2CCC)cc1. The first-order chi connectivity index (χ1) is 12.7. The monoisotopic (exact) mass is 351 g/mol. The Kier molecular flexibility index (Phi) is 5.56. The second-order valence-electron chi connectivity index (χ2n) is 6.47. The van der Waals surface area contributed by atoms with Gasteiger partial charge >= 0.3 is 0 Å². The molecule has 2 amide bonds. The van der Waals surface area contributed by atoms with E-state index in [1.807, 2.05) is 48.2 Å². The maximum absolute atomic E-state index is 12.7. The summed E-state index contributed by atoms with van der Waals surface area (Å²) in [5.41, 5.74) is 3.27. The molecule has 1 unspecified atom stereocenters. The van der Waals surface area contributed by atoms with Crippen LogP contribution in [0.25, 0.3) is 0 Å². The molecule has 0 bridgehead atoms. The van der Waals surface area contributed by atoms with E-state index in [9.17, 15) is 9.59 Å². The number of rotatable bonds is 7. The van der Waals surface area contributed by atoms with E-state index in [1.54, 1.807) is 12.1 Å². The van der Waals surface area contributed by atoms with Gasteiger partial charge in [0.05, 0.1) is 0 Å². The topological polar surface area (TPSA) is 61.4 Å². The number of nitrogens with zero attached hydrogens (tertiary/aromatic N) is 1. The van der Waals surface area contributed by atoms with Gasteiger partial charge in [0, 0.05) is 35.5 Å². The molecule has 2 aromatic carbocycles. The minimum atomic E-state index is -0.182. The normalized spacial score (nSPS) is 15.7. The smallest absolute Gasteiger partial charge is 0.256 e. The van der Waals surface area contributed by atoms with Crippen molar-refractivity contribution in [2.24, 2.45) is 0 Å². The number of carbonyl (C=O) groups excluding carboxylic acids is 2. The molecule has 0 aromatic heterocycles. The van der Waals surface area contributed by atoms with Gasteiger partial charge in [-0.1, -0.05) is 32.0 Å². The fourth-order valence-corrected chi connectivity index (χ4v) is 3.21. The second-order valence-corrected chi connectivity index (χ2v) is 6.47. The zero-order valence-electron chi connectivity index (χ0n) is 15.3. The van der Waals surface area contributed by atoms with Crippen LogP contribution in [0.5, 0.6) is 0 Å². The van der Waals surface area contributed by atoms with Crippen molar-refractivity contribution < 1.29 is 9.59 Å². The maximum atomic E-state index is 12.7. The highest BCUT2D eigenvalue weighted by Gasteiger charge is 2.35. The highest BCUT2D eigenvalue weighted by molar-refractivity contribution is 5.99. The van der Waals surface area contributed by atoms with Crippen molar-refractivity contribution >= 4 is 17.5 Å². The predicted octanol–water partition coefficient (Wildman–Crippen LogP) is 3.80. The Morgan fingerprint density at radius 2 is 1.77 bits per heavy atom. The van der Waals surface area contributed by atoms with Crippen molar-refractivity contribution in [1.29, 1.82) is 0 Å². The molecule has 2 N–H and O–H groups in total. The fourth-order valence-electron chi connectivity index (χ4n) is 3.21.